The lowest BCUT2D eigenvalue weighted by Gasteiger charge is -2.27. The molecule has 0 spiro atoms. The van der Waals surface area contributed by atoms with E-state index in [4.69, 9.17) is 9.47 Å². The number of rotatable bonds is 4. The SMILES string of the molecule is CCOc1ncnc(NC2CCOc3ccccc32)c1C. The van der Waals surface area contributed by atoms with Crippen LogP contribution in [-0.4, -0.2) is 23.2 Å². The lowest BCUT2D eigenvalue weighted by Crippen LogP contribution is -2.21. The van der Waals surface area contributed by atoms with E-state index in [1.54, 1.807) is 0 Å². The van der Waals surface area contributed by atoms with Crippen LogP contribution in [0.5, 0.6) is 11.6 Å². The van der Waals surface area contributed by atoms with E-state index in [0.717, 1.165) is 23.6 Å². The highest BCUT2D eigenvalue weighted by molar-refractivity contribution is 5.51. The topological polar surface area (TPSA) is 56.3 Å². The van der Waals surface area contributed by atoms with Gasteiger partial charge in [-0.3, -0.25) is 0 Å². The standard InChI is InChI=1S/C16H19N3O2/c1-3-20-16-11(2)15(17-10-18-16)19-13-8-9-21-14-7-5-4-6-12(13)14/h4-7,10,13H,3,8-9H2,1-2H3,(H,17,18,19). The Balaban J connectivity index is 1.86. The average molecular weight is 285 g/mol. The highest BCUT2D eigenvalue weighted by Gasteiger charge is 2.22. The molecule has 1 unspecified atom stereocenters. The van der Waals surface area contributed by atoms with E-state index in [-0.39, 0.29) is 6.04 Å². The van der Waals surface area contributed by atoms with E-state index in [0.29, 0.717) is 19.1 Å². The molecule has 0 saturated carbocycles. The highest BCUT2D eigenvalue weighted by atomic mass is 16.5. The molecule has 0 fully saturated rings. The molecule has 0 amide bonds. The van der Waals surface area contributed by atoms with Crippen molar-refractivity contribution >= 4 is 5.82 Å². The molecule has 5 heteroatoms. The van der Waals surface area contributed by atoms with Crippen LogP contribution in [0.2, 0.25) is 0 Å². The first-order chi connectivity index (χ1) is 10.3. The van der Waals surface area contributed by atoms with Gasteiger partial charge in [-0.1, -0.05) is 18.2 Å². The lowest BCUT2D eigenvalue weighted by atomic mass is 10.0. The second kappa shape index (κ2) is 5.99. The number of nitrogens with one attached hydrogen (secondary N) is 1. The van der Waals surface area contributed by atoms with E-state index >= 15 is 0 Å². The van der Waals surface area contributed by atoms with Crippen molar-refractivity contribution in [1.29, 1.82) is 0 Å². The summed E-state index contributed by atoms with van der Waals surface area (Å²) in [6.45, 7) is 5.22. The number of ether oxygens (including phenoxy) is 2. The Morgan fingerprint density at radius 3 is 3.05 bits per heavy atom. The van der Waals surface area contributed by atoms with Crippen molar-refractivity contribution in [1.82, 2.24) is 9.97 Å². The maximum absolute atomic E-state index is 5.69. The maximum Gasteiger partial charge on any atom is 0.221 e. The van der Waals surface area contributed by atoms with Crippen molar-refractivity contribution in [2.24, 2.45) is 0 Å². The van der Waals surface area contributed by atoms with E-state index in [1.165, 1.54) is 11.9 Å². The second-order valence-corrected chi connectivity index (χ2v) is 4.96. The summed E-state index contributed by atoms with van der Waals surface area (Å²) in [5.41, 5.74) is 2.10. The molecule has 1 N–H and O–H groups in total. The smallest absolute Gasteiger partial charge is 0.221 e. The normalized spacial score (nSPS) is 16.8. The van der Waals surface area contributed by atoms with Crippen LogP contribution in [0.25, 0.3) is 0 Å². The molecule has 0 radical (unpaired) electrons. The first kappa shape index (κ1) is 13.7. The van der Waals surface area contributed by atoms with Gasteiger partial charge in [0.15, 0.2) is 0 Å². The molecule has 110 valence electrons. The highest BCUT2D eigenvalue weighted by Crippen LogP contribution is 2.34. The first-order valence-corrected chi connectivity index (χ1v) is 7.22. The summed E-state index contributed by atoms with van der Waals surface area (Å²) in [6.07, 6.45) is 2.44. The minimum Gasteiger partial charge on any atom is -0.493 e. The summed E-state index contributed by atoms with van der Waals surface area (Å²) < 4.78 is 11.2. The van der Waals surface area contributed by atoms with Crippen molar-refractivity contribution in [2.45, 2.75) is 26.3 Å². The van der Waals surface area contributed by atoms with Gasteiger partial charge >= 0.3 is 0 Å². The molecular formula is C16H19N3O2. The maximum atomic E-state index is 5.69. The Hall–Kier alpha value is -2.30. The summed E-state index contributed by atoms with van der Waals surface area (Å²) in [6, 6.07) is 8.30. The summed E-state index contributed by atoms with van der Waals surface area (Å²) in [5, 5.41) is 3.49. The van der Waals surface area contributed by atoms with Crippen LogP contribution in [0.3, 0.4) is 0 Å². The van der Waals surface area contributed by atoms with Gasteiger partial charge in [-0.25, -0.2) is 9.97 Å². The molecule has 21 heavy (non-hydrogen) atoms. The Morgan fingerprint density at radius 2 is 2.19 bits per heavy atom. The molecule has 0 bridgehead atoms. The number of para-hydroxylation sites is 1. The molecule has 2 heterocycles. The third kappa shape index (κ3) is 2.77. The largest absolute Gasteiger partial charge is 0.493 e. The van der Waals surface area contributed by atoms with Gasteiger partial charge in [0.1, 0.15) is 17.9 Å². The Morgan fingerprint density at radius 1 is 1.33 bits per heavy atom. The summed E-state index contributed by atoms with van der Waals surface area (Å²) in [5.74, 6) is 2.39. The number of benzene rings is 1. The third-order valence-corrected chi connectivity index (χ3v) is 3.59. The molecular weight excluding hydrogens is 266 g/mol. The van der Waals surface area contributed by atoms with Crippen molar-refractivity contribution in [2.75, 3.05) is 18.5 Å². The Bertz CT molecular complexity index is 631. The van der Waals surface area contributed by atoms with Crippen LogP contribution in [0.4, 0.5) is 5.82 Å². The minimum absolute atomic E-state index is 0.193. The molecule has 1 aromatic carbocycles. The van der Waals surface area contributed by atoms with Crippen LogP contribution < -0.4 is 14.8 Å². The van der Waals surface area contributed by atoms with Crippen LogP contribution in [0.15, 0.2) is 30.6 Å². The van der Waals surface area contributed by atoms with Crippen molar-refractivity contribution in [3.05, 3.63) is 41.7 Å². The molecule has 1 atom stereocenters. The number of hydrogen-bond donors (Lipinski definition) is 1. The third-order valence-electron chi connectivity index (χ3n) is 3.59. The minimum atomic E-state index is 0.193. The van der Waals surface area contributed by atoms with E-state index in [1.807, 2.05) is 32.0 Å². The predicted octanol–water partition coefficient (Wildman–Crippen LogP) is 3.12. The number of anilines is 1. The predicted molar refractivity (Wildman–Crippen MR) is 80.9 cm³/mol. The number of hydrogen-bond acceptors (Lipinski definition) is 5. The van der Waals surface area contributed by atoms with Gasteiger partial charge in [0, 0.05) is 12.0 Å². The van der Waals surface area contributed by atoms with Gasteiger partial charge in [-0.05, 0) is 19.9 Å². The molecule has 2 aromatic rings. The summed E-state index contributed by atoms with van der Waals surface area (Å²) >= 11 is 0. The molecule has 5 nitrogen and oxygen atoms in total. The molecule has 1 aliphatic rings. The Labute approximate surface area is 124 Å². The second-order valence-electron chi connectivity index (χ2n) is 4.96. The monoisotopic (exact) mass is 285 g/mol. The molecule has 1 aromatic heterocycles. The van der Waals surface area contributed by atoms with E-state index in [2.05, 4.69) is 21.4 Å². The van der Waals surface area contributed by atoms with E-state index in [9.17, 15) is 0 Å². The summed E-state index contributed by atoms with van der Waals surface area (Å²) in [7, 11) is 0. The number of nitrogens with zero attached hydrogens (tertiary/aromatic N) is 2. The van der Waals surface area contributed by atoms with Crippen molar-refractivity contribution < 1.29 is 9.47 Å². The van der Waals surface area contributed by atoms with Crippen molar-refractivity contribution in [3.8, 4) is 11.6 Å². The van der Waals surface area contributed by atoms with Gasteiger partial charge in [-0.2, -0.15) is 0 Å². The molecule has 0 saturated heterocycles. The average Bonchev–Trinajstić information content (AvgIpc) is 2.52. The fraction of sp³-hybridized carbons (Fsp3) is 0.375. The zero-order valence-corrected chi connectivity index (χ0v) is 12.3. The van der Waals surface area contributed by atoms with E-state index < -0.39 is 0 Å². The lowest BCUT2D eigenvalue weighted by molar-refractivity contribution is 0.274. The quantitative estimate of drug-likeness (QED) is 0.935. The van der Waals surface area contributed by atoms with Gasteiger partial charge in [0.2, 0.25) is 5.88 Å². The number of fused-ring (bicyclic) bond motifs is 1. The van der Waals surface area contributed by atoms with Gasteiger partial charge in [-0.15, -0.1) is 0 Å². The molecule has 0 aliphatic carbocycles. The van der Waals surface area contributed by atoms with Crippen LogP contribution >= 0.6 is 0 Å². The zero-order chi connectivity index (χ0) is 14.7. The van der Waals surface area contributed by atoms with Gasteiger partial charge in [0.05, 0.1) is 24.8 Å². The summed E-state index contributed by atoms with van der Waals surface area (Å²) in [4.78, 5) is 8.51. The van der Waals surface area contributed by atoms with Gasteiger partial charge in [0.25, 0.3) is 0 Å². The van der Waals surface area contributed by atoms with Crippen LogP contribution in [-0.2, 0) is 0 Å². The fourth-order valence-corrected chi connectivity index (χ4v) is 2.52. The molecule has 1 aliphatic heterocycles. The number of aromatic nitrogens is 2. The zero-order valence-electron chi connectivity index (χ0n) is 12.3. The van der Waals surface area contributed by atoms with Crippen LogP contribution in [0, 0.1) is 6.92 Å². The fourth-order valence-electron chi connectivity index (χ4n) is 2.52. The van der Waals surface area contributed by atoms with Crippen LogP contribution in [0.1, 0.15) is 30.5 Å². The van der Waals surface area contributed by atoms with Crippen molar-refractivity contribution in [3.63, 3.8) is 0 Å². The Kier molecular flexibility index (Phi) is 3.90. The molecule has 3 rings (SSSR count). The van der Waals surface area contributed by atoms with Gasteiger partial charge < -0.3 is 14.8 Å². The first-order valence-electron chi connectivity index (χ1n) is 7.22.